The third kappa shape index (κ3) is 5.63. The monoisotopic (exact) mass is 398 g/mol. The van der Waals surface area contributed by atoms with Gasteiger partial charge in [0.25, 0.3) is 5.91 Å². The lowest BCUT2D eigenvalue weighted by Crippen LogP contribution is -2.50. The predicted octanol–water partition coefficient (Wildman–Crippen LogP) is 2.67. The molecule has 0 spiro atoms. The van der Waals surface area contributed by atoms with Crippen molar-refractivity contribution in [3.63, 3.8) is 0 Å². The van der Waals surface area contributed by atoms with Crippen LogP contribution in [0.15, 0.2) is 48.5 Å². The summed E-state index contributed by atoms with van der Waals surface area (Å²) < 4.78 is 18.3. The van der Waals surface area contributed by atoms with Crippen LogP contribution in [-0.2, 0) is 16.0 Å². The maximum atomic E-state index is 13.2. The van der Waals surface area contributed by atoms with Crippen LogP contribution in [0.2, 0.25) is 0 Å². The van der Waals surface area contributed by atoms with Crippen LogP contribution >= 0.6 is 0 Å². The number of benzene rings is 2. The first-order valence-corrected chi connectivity index (χ1v) is 9.52. The molecule has 6 nitrogen and oxygen atoms in total. The topological polar surface area (TPSA) is 66.9 Å². The van der Waals surface area contributed by atoms with E-state index in [1.165, 1.54) is 19.1 Å². The highest BCUT2D eigenvalue weighted by atomic mass is 19.1. The number of hydrogen-bond acceptors (Lipinski definition) is 4. The molecule has 3 rings (SSSR count). The van der Waals surface area contributed by atoms with Crippen LogP contribution in [0.1, 0.15) is 29.3 Å². The second-order valence-electron chi connectivity index (χ2n) is 6.92. The van der Waals surface area contributed by atoms with Crippen molar-refractivity contribution in [3.8, 4) is 5.75 Å². The van der Waals surface area contributed by atoms with Crippen LogP contribution < -0.4 is 4.74 Å². The summed E-state index contributed by atoms with van der Waals surface area (Å²) in [5.74, 6) is -0.585. The molecule has 0 radical (unpaired) electrons. The summed E-state index contributed by atoms with van der Waals surface area (Å²) in [5.41, 5.74) is 1.23. The molecule has 0 aromatic heterocycles. The molecule has 0 atom stereocenters. The molecular weight excluding hydrogens is 375 g/mol. The Morgan fingerprint density at radius 2 is 1.66 bits per heavy atom. The number of hydrogen-bond donors (Lipinski definition) is 0. The second-order valence-corrected chi connectivity index (χ2v) is 6.92. The van der Waals surface area contributed by atoms with Gasteiger partial charge in [-0.15, -0.1) is 0 Å². The van der Waals surface area contributed by atoms with Gasteiger partial charge >= 0.3 is 5.97 Å². The third-order valence-electron chi connectivity index (χ3n) is 4.78. The summed E-state index contributed by atoms with van der Waals surface area (Å²) in [7, 11) is 0. The second kappa shape index (κ2) is 9.32. The van der Waals surface area contributed by atoms with Gasteiger partial charge in [0.1, 0.15) is 11.6 Å². The molecule has 7 heteroatoms. The molecule has 1 aliphatic heterocycles. The predicted molar refractivity (Wildman–Crippen MR) is 105 cm³/mol. The maximum Gasteiger partial charge on any atom is 0.308 e. The van der Waals surface area contributed by atoms with Crippen LogP contribution in [0.4, 0.5) is 4.39 Å². The first-order chi connectivity index (χ1) is 13.9. The fraction of sp³-hybridized carbons (Fsp3) is 0.318. The van der Waals surface area contributed by atoms with Gasteiger partial charge in [-0.05, 0) is 42.3 Å². The third-order valence-corrected chi connectivity index (χ3v) is 4.78. The largest absolute Gasteiger partial charge is 0.427 e. The van der Waals surface area contributed by atoms with Crippen LogP contribution in [0.3, 0.4) is 0 Å². The highest BCUT2D eigenvalue weighted by Gasteiger charge is 2.25. The normalized spacial score (nSPS) is 13.9. The van der Waals surface area contributed by atoms with E-state index in [1.807, 2.05) is 0 Å². The molecule has 0 saturated carbocycles. The number of piperazine rings is 1. The number of amides is 2. The zero-order chi connectivity index (χ0) is 20.8. The van der Waals surface area contributed by atoms with Crippen LogP contribution in [-0.4, -0.2) is 53.8 Å². The van der Waals surface area contributed by atoms with Crippen molar-refractivity contribution in [2.45, 2.75) is 19.8 Å². The molecule has 0 N–H and O–H groups in total. The van der Waals surface area contributed by atoms with Crippen molar-refractivity contribution in [1.29, 1.82) is 0 Å². The quantitative estimate of drug-likeness (QED) is 0.574. The number of esters is 1. The van der Waals surface area contributed by atoms with Gasteiger partial charge in [0.2, 0.25) is 5.91 Å². The molecule has 2 amide bonds. The number of aryl methyl sites for hydroxylation is 1. The first kappa shape index (κ1) is 20.5. The Balaban J connectivity index is 1.51. The van der Waals surface area contributed by atoms with Gasteiger partial charge in [0, 0.05) is 45.1 Å². The average Bonchev–Trinajstić information content (AvgIpc) is 2.71. The van der Waals surface area contributed by atoms with Gasteiger partial charge in [0.05, 0.1) is 0 Å². The molecule has 29 heavy (non-hydrogen) atoms. The van der Waals surface area contributed by atoms with Crippen LogP contribution in [0, 0.1) is 5.82 Å². The summed E-state index contributed by atoms with van der Waals surface area (Å²) in [4.78, 5) is 39.6. The Bertz CT molecular complexity index is 907. The van der Waals surface area contributed by atoms with Gasteiger partial charge in [-0.3, -0.25) is 14.4 Å². The van der Waals surface area contributed by atoms with E-state index in [1.54, 1.807) is 46.2 Å². The summed E-state index contributed by atoms with van der Waals surface area (Å²) >= 11 is 0. The summed E-state index contributed by atoms with van der Waals surface area (Å²) in [6.45, 7) is 3.08. The Morgan fingerprint density at radius 3 is 2.34 bits per heavy atom. The molecule has 1 fully saturated rings. The van der Waals surface area contributed by atoms with E-state index in [2.05, 4.69) is 0 Å². The Morgan fingerprint density at radius 1 is 0.966 bits per heavy atom. The van der Waals surface area contributed by atoms with Gasteiger partial charge in [-0.2, -0.15) is 0 Å². The number of carbonyl (C=O) groups is 3. The van der Waals surface area contributed by atoms with E-state index >= 15 is 0 Å². The summed E-state index contributed by atoms with van der Waals surface area (Å²) in [6, 6.07) is 12.8. The standard InChI is InChI=1S/C22H23FN2O4/c1-16(26)29-20-7-3-5-18(15-20)22(28)25-12-10-24(11-13-25)21(27)9-8-17-4-2-6-19(23)14-17/h2-7,14-15H,8-13H2,1H3. The Hall–Kier alpha value is -3.22. The number of rotatable bonds is 5. The highest BCUT2D eigenvalue weighted by molar-refractivity contribution is 5.95. The fourth-order valence-corrected chi connectivity index (χ4v) is 3.30. The molecule has 1 saturated heterocycles. The van der Waals surface area contributed by atoms with Crippen LogP contribution in [0.25, 0.3) is 0 Å². The minimum absolute atomic E-state index is 0.00165. The van der Waals surface area contributed by atoms with E-state index in [-0.39, 0.29) is 17.6 Å². The average molecular weight is 398 g/mol. The van der Waals surface area contributed by atoms with Crippen molar-refractivity contribution in [2.75, 3.05) is 26.2 Å². The van der Waals surface area contributed by atoms with Crippen molar-refractivity contribution < 1.29 is 23.5 Å². The molecule has 152 valence electrons. The zero-order valence-corrected chi connectivity index (χ0v) is 16.3. The smallest absolute Gasteiger partial charge is 0.308 e. The Kier molecular flexibility index (Phi) is 6.59. The van der Waals surface area contributed by atoms with Crippen molar-refractivity contribution in [2.24, 2.45) is 0 Å². The highest BCUT2D eigenvalue weighted by Crippen LogP contribution is 2.17. The fourth-order valence-electron chi connectivity index (χ4n) is 3.30. The summed E-state index contributed by atoms with van der Waals surface area (Å²) in [6.07, 6.45) is 0.792. The van der Waals surface area contributed by atoms with E-state index < -0.39 is 5.97 Å². The van der Waals surface area contributed by atoms with E-state index in [9.17, 15) is 18.8 Å². The lowest BCUT2D eigenvalue weighted by molar-refractivity contribution is -0.133. The maximum absolute atomic E-state index is 13.2. The molecular formula is C22H23FN2O4. The SMILES string of the molecule is CC(=O)Oc1cccc(C(=O)N2CCN(C(=O)CCc3cccc(F)c3)CC2)c1. The van der Waals surface area contributed by atoms with E-state index in [4.69, 9.17) is 4.74 Å². The molecule has 2 aromatic rings. The molecule has 2 aromatic carbocycles. The van der Waals surface area contributed by atoms with Crippen molar-refractivity contribution in [1.82, 2.24) is 9.80 Å². The molecule has 1 heterocycles. The molecule has 1 aliphatic rings. The minimum Gasteiger partial charge on any atom is -0.427 e. The Labute approximate surface area is 168 Å². The number of ether oxygens (including phenoxy) is 1. The lowest BCUT2D eigenvalue weighted by Gasteiger charge is -2.35. The van der Waals surface area contributed by atoms with Gasteiger partial charge < -0.3 is 14.5 Å². The molecule has 0 unspecified atom stereocenters. The number of carbonyl (C=O) groups excluding carboxylic acids is 3. The van der Waals surface area contributed by atoms with E-state index in [0.29, 0.717) is 50.3 Å². The summed E-state index contributed by atoms with van der Waals surface area (Å²) in [5, 5.41) is 0. The first-order valence-electron chi connectivity index (χ1n) is 9.52. The van der Waals surface area contributed by atoms with E-state index in [0.717, 1.165) is 5.56 Å². The van der Waals surface area contributed by atoms with Gasteiger partial charge in [-0.25, -0.2) is 4.39 Å². The van der Waals surface area contributed by atoms with Gasteiger partial charge in [0.15, 0.2) is 0 Å². The zero-order valence-electron chi connectivity index (χ0n) is 16.3. The molecule has 0 bridgehead atoms. The number of halogens is 1. The van der Waals surface area contributed by atoms with Gasteiger partial charge in [-0.1, -0.05) is 18.2 Å². The number of nitrogens with zero attached hydrogens (tertiary/aromatic N) is 2. The van der Waals surface area contributed by atoms with Crippen molar-refractivity contribution in [3.05, 3.63) is 65.5 Å². The molecule has 0 aliphatic carbocycles. The lowest BCUT2D eigenvalue weighted by atomic mass is 10.1. The minimum atomic E-state index is -0.444. The van der Waals surface area contributed by atoms with Crippen molar-refractivity contribution >= 4 is 17.8 Å². The van der Waals surface area contributed by atoms with Crippen LogP contribution in [0.5, 0.6) is 5.75 Å².